The van der Waals surface area contributed by atoms with E-state index in [0.29, 0.717) is 0 Å². The molecule has 0 saturated carbocycles. The highest BCUT2D eigenvalue weighted by atomic mass is 16.2. The first-order chi connectivity index (χ1) is 9.67. The molecule has 1 aromatic heterocycles. The van der Waals surface area contributed by atoms with Gasteiger partial charge in [0, 0.05) is 45.7 Å². The molecule has 1 saturated heterocycles. The summed E-state index contributed by atoms with van der Waals surface area (Å²) in [4.78, 5) is 24.3. The smallest absolute Gasteiger partial charge is 0.219 e. The molecular weight excluding hydrogens is 254 g/mol. The van der Waals surface area contributed by atoms with Crippen LogP contribution in [0.3, 0.4) is 0 Å². The van der Waals surface area contributed by atoms with Crippen LogP contribution in [0.1, 0.15) is 25.8 Å². The molecule has 0 aromatic carbocycles. The van der Waals surface area contributed by atoms with Gasteiger partial charge in [-0.25, -0.2) is 9.97 Å². The first kappa shape index (κ1) is 14.6. The minimum absolute atomic E-state index is 0.150. The fraction of sp³-hybridized carbons (Fsp3) is 0.643. The number of hydrogen-bond acceptors (Lipinski definition) is 5. The maximum atomic E-state index is 11.4. The standard InChI is InChI=1S/C14H23N5O/c1-4-5-12-13(15-3)16-10-17-14(12)19-8-6-18(7-9-19)11(2)20/h10H,4-9H2,1-3H3,(H,15,16,17). The number of hydrogen-bond donors (Lipinski definition) is 1. The zero-order valence-electron chi connectivity index (χ0n) is 12.5. The SMILES string of the molecule is CCCc1c(NC)ncnc1N1CCN(C(C)=O)CC1. The minimum atomic E-state index is 0.150. The van der Waals surface area contributed by atoms with Crippen LogP contribution >= 0.6 is 0 Å². The van der Waals surface area contributed by atoms with Crippen molar-refractivity contribution >= 4 is 17.5 Å². The molecule has 1 fully saturated rings. The zero-order chi connectivity index (χ0) is 14.5. The van der Waals surface area contributed by atoms with Crippen molar-refractivity contribution < 1.29 is 4.79 Å². The Kier molecular flexibility index (Phi) is 4.76. The van der Waals surface area contributed by atoms with Crippen molar-refractivity contribution in [3.8, 4) is 0 Å². The van der Waals surface area contributed by atoms with Gasteiger partial charge in [-0.2, -0.15) is 0 Å². The van der Waals surface area contributed by atoms with Crippen LogP contribution in [0.2, 0.25) is 0 Å². The van der Waals surface area contributed by atoms with E-state index in [1.54, 1.807) is 13.3 Å². The average Bonchev–Trinajstić information content (AvgIpc) is 2.48. The molecule has 110 valence electrons. The van der Waals surface area contributed by atoms with E-state index in [0.717, 1.165) is 50.7 Å². The number of carbonyl (C=O) groups is 1. The molecule has 1 aromatic rings. The van der Waals surface area contributed by atoms with Crippen molar-refractivity contribution in [3.05, 3.63) is 11.9 Å². The number of nitrogens with one attached hydrogen (secondary N) is 1. The van der Waals surface area contributed by atoms with Crippen LogP contribution in [0.15, 0.2) is 6.33 Å². The Bertz CT molecular complexity index is 469. The van der Waals surface area contributed by atoms with E-state index in [2.05, 4.69) is 27.1 Å². The lowest BCUT2D eigenvalue weighted by Crippen LogP contribution is -2.48. The molecule has 2 rings (SSSR count). The van der Waals surface area contributed by atoms with Gasteiger partial charge in [-0.1, -0.05) is 13.3 Å². The van der Waals surface area contributed by atoms with Crippen molar-refractivity contribution in [3.63, 3.8) is 0 Å². The Morgan fingerprint density at radius 1 is 1.30 bits per heavy atom. The van der Waals surface area contributed by atoms with Gasteiger partial charge in [0.15, 0.2) is 0 Å². The molecule has 6 heteroatoms. The van der Waals surface area contributed by atoms with Crippen molar-refractivity contribution in [2.45, 2.75) is 26.7 Å². The van der Waals surface area contributed by atoms with Gasteiger partial charge in [0.2, 0.25) is 5.91 Å². The first-order valence-electron chi connectivity index (χ1n) is 7.19. The summed E-state index contributed by atoms with van der Waals surface area (Å²) in [7, 11) is 1.89. The molecule has 6 nitrogen and oxygen atoms in total. The lowest BCUT2D eigenvalue weighted by atomic mass is 10.1. The summed E-state index contributed by atoms with van der Waals surface area (Å²) in [6, 6.07) is 0. The second-order valence-electron chi connectivity index (χ2n) is 5.02. The Morgan fingerprint density at radius 3 is 2.55 bits per heavy atom. The summed E-state index contributed by atoms with van der Waals surface area (Å²) < 4.78 is 0. The summed E-state index contributed by atoms with van der Waals surface area (Å²) >= 11 is 0. The Labute approximate surface area is 120 Å². The maximum absolute atomic E-state index is 11.4. The van der Waals surface area contributed by atoms with Crippen molar-refractivity contribution in [2.75, 3.05) is 43.4 Å². The molecule has 0 atom stereocenters. The lowest BCUT2D eigenvalue weighted by Gasteiger charge is -2.35. The van der Waals surface area contributed by atoms with Gasteiger partial charge in [-0.05, 0) is 6.42 Å². The van der Waals surface area contributed by atoms with Crippen LogP contribution in [-0.2, 0) is 11.2 Å². The van der Waals surface area contributed by atoms with Crippen molar-refractivity contribution in [1.82, 2.24) is 14.9 Å². The second kappa shape index (κ2) is 6.54. The fourth-order valence-electron chi connectivity index (χ4n) is 2.60. The minimum Gasteiger partial charge on any atom is -0.373 e. The summed E-state index contributed by atoms with van der Waals surface area (Å²) in [5.41, 5.74) is 1.17. The Balaban J connectivity index is 2.18. The molecule has 0 bridgehead atoms. The van der Waals surface area contributed by atoms with E-state index in [1.165, 1.54) is 5.56 Å². The van der Waals surface area contributed by atoms with E-state index in [4.69, 9.17) is 0 Å². The quantitative estimate of drug-likeness (QED) is 0.894. The number of carbonyl (C=O) groups excluding carboxylic acids is 1. The first-order valence-corrected chi connectivity index (χ1v) is 7.19. The fourth-order valence-corrected chi connectivity index (χ4v) is 2.60. The molecule has 0 unspecified atom stereocenters. The van der Waals surface area contributed by atoms with Crippen LogP contribution in [0.4, 0.5) is 11.6 Å². The third-order valence-corrected chi connectivity index (χ3v) is 3.68. The summed E-state index contributed by atoms with van der Waals surface area (Å²) in [5.74, 6) is 2.07. The van der Waals surface area contributed by atoms with Gasteiger partial charge in [0.25, 0.3) is 0 Å². The normalized spacial score (nSPS) is 15.3. The number of nitrogens with zero attached hydrogens (tertiary/aromatic N) is 4. The lowest BCUT2D eigenvalue weighted by molar-refractivity contribution is -0.129. The molecule has 2 heterocycles. The van der Waals surface area contributed by atoms with E-state index in [-0.39, 0.29) is 5.91 Å². The van der Waals surface area contributed by atoms with Crippen LogP contribution in [0.5, 0.6) is 0 Å². The number of amides is 1. The Morgan fingerprint density at radius 2 is 2.00 bits per heavy atom. The third kappa shape index (κ3) is 3.00. The predicted molar refractivity (Wildman–Crippen MR) is 80.0 cm³/mol. The maximum Gasteiger partial charge on any atom is 0.219 e. The number of piperazine rings is 1. The molecular formula is C14H23N5O. The van der Waals surface area contributed by atoms with E-state index < -0.39 is 0 Å². The van der Waals surface area contributed by atoms with Gasteiger partial charge >= 0.3 is 0 Å². The van der Waals surface area contributed by atoms with E-state index >= 15 is 0 Å². The van der Waals surface area contributed by atoms with Gasteiger partial charge in [0.05, 0.1) is 0 Å². The highest BCUT2D eigenvalue weighted by Crippen LogP contribution is 2.25. The van der Waals surface area contributed by atoms with Gasteiger partial charge in [0.1, 0.15) is 18.0 Å². The van der Waals surface area contributed by atoms with Crippen LogP contribution in [0.25, 0.3) is 0 Å². The number of anilines is 2. The highest BCUT2D eigenvalue weighted by Gasteiger charge is 2.22. The van der Waals surface area contributed by atoms with Gasteiger partial charge < -0.3 is 15.1 Å². The summed E-state index contributed by atoms with van der Waals surface area (Å²) in [6.45, 7) is 6.97. The summed E-state index contributed by atoms with van der Waals surface area (Å²) in [6.07, 6.45) is 3.62. The Hall–Kier alpha value is -1.85. The van der Waals surface area contributed by atoms with Crippen LogP contribution in [0, 0.1) is 0 Å². The number of rotatable bonds is 4. The van der Waals surface area contributed by atoms with Crippen LogP contribution < -0.4 is 10.2 Å². The average molecular weight is 277 g/mol. The molecule has 20 heavy (non-hydrogen) atoms. The molecule has 0 spiro atoms. The molecule has 1 N–H and O–H groups in total. The monoisotopic (exact) mass is 277 g/mol. The predicted octanol–water partition coefficient (Wildman–Crippen LogP) is 1.14. The van der Waals surface area contributed by atoms with Crippen molar-refractivity contribution in [1.29, 1.82) is 0 Å². The zero-order valence-corrected chi connectivity index (χ0v) is 12.5. The van der Waals surface area contributed by atoms with Gasteiger partial charge in [-0.15, -0.1) is 0 Å². The van der Waals surface area contributed by atoms with E-state index in [9.17, 15) is 4.79 Å². The van der Waals surface area contributed by atoms with Gasteiger partial charge in [-0.3, -0.25) is 4.79 Å². The van der Waals surface area contributed by atoms with Crippen LogP contribution in [-0.4, -0.2) is 54.0 Å². The molecule has 0 radical (unpaired) electrons. The summed E-state index contributed by atoms with van der Waals surface area (Å²) in [5, 5.41) is 3.14. The second-order valence-corrected chi connectivity index (χ2v) is 5.02. The molecule has 1 aliphatic rings. The molecule has 1 amide bonds. The number of aromatic nitrogens is 2. The molecule has 1 aliphatic heterocycles. The highest BCUT2D eigenvalue weighted by molar-refractivity contribution is 5.73. The molecule has 0 aliphatic carbocycles. The largest absolute Gasteiger partial charge is 0.373 e. The third-order valence-electron chi connectivity index (χ3n) is 3.68. The topological polar surface area (TPSA) is 61.4 Å². The van der Waals surface area contributed by atoms with E-state index in [1.807, 2.05) is 11.9 Å². The van der Waals surface area contributed by atoms with Crippen molar-refractivity contribution in [2.24, 2.45) is 0 Å².